The van der Waals surface area contributed by atoms with E-state index in [1.165, 1.54) is 6.92 Å². The molecule has 0 aromatic heterocycles. The van der Waals surface area contributed by atoms with Crippen molar-refractivity contribution in [1.82, 2.24) is 0 Å². The maximum atomic E-state index is 11.8. The van der Waals surface area contributed by atoms with Gasteiger partial charge in [-0.05, 0) is 16.7 Å². The summed E-state index contributed by atoms with van der Waals surface area (Å²) in [6.45, 7) is 3.25. The molecule has 5 nitrogen and oxygen atoms in total. The van der Waals surface area contributed by atoms with E-state index in [0.717, 1.165) is 16.7 Å². The van der Waals surface area contributed by atoms with Gasteiger partial charge in [-0.3, -0.25) is 4.79 Å². The normalized spacial score (nSPS) is 21.9. The lowest BCUT2D eigenvalue weighted by atomic mass is 10.1. The van der Waals surface area contributed by atoms with E-state index < -0.39 is 11.5 Å². The van der Waals surface area contributed by atoms with Crippen LogP contribution in [0.3, 0.4) is 0 Å². The van der Waals surface area contributed by atoms with Crippen LogP contribution in [-0.4, -0.2) is 35.5 Å². The van der Waals surface area contributed by atoms with E-state index in [1.54, 1.807) is 11.8 Å². The molecule has 4 atom stereocenters. The molecule has 0 amide bonds. The molecule has 0 bridgehead atoms. The first-order valence-corrected chi connectivity index (χ1v) is 12.4. The van der Waals surface area contributed by atoms with Gasteiger partial charge in [-0.25, -0.2) is 0 Å². The summed E-state index contributed by atoms with van der Waals surface area (Å²) in [6, 6.07) is 30.1. The molecule has 34 heavy (non-hydrogen) atoms. The summed E-state index contributed by atoms with van der Waals surface area (Å²) < 4.78 is 24.4. The molecule has 0 N–H and O–H groups in total. The van der Waals surface area contributed by atoms with Crippen molar-refractivity contribution in [3.63, 3.8) is 0 Å². The number of carbonyl (C=O) groups is 1. The Morgan fingerprint density at radius 1 is 0.706 bits per heavy atom. The first-order chi connectivity index (χ1) is 16.7. The third-order valence-electron chi connectivity index (χ3n) is 5.51. The third kappa shape index (κ3) is 7.18. The number of esters is 1. The van der Waals surface area contributed by atoms with Gasteiger partial charge in [0.1, 0.15) is 12.2 Å². The monoisotopic (exact) mass is 478 g/mol. The lowest BCUT2D eigenvalue weighted by Crippen LogP contribution is -2.40. The molecule has 0 saturated carbocycles. The fourth-order valence-electron chi connectivity index (χ4n) is 3.86. The summed E-state index contributed by atoms with van der Waals surface area (Å²) in [7, 11) is 0. The van der Waals surface area contributed by atoms with E-state index >= 15 is 0 Å². The SMILES string of the molecule is CC(=O)O[C@@H]1S[C@H](COCc2ccccc2)[C@@H](OCc2ccccc2)[C@@H]1OCc1ccccc1. The average Bonchev–Trinajstić information content (AvgIpc) is 3.18. The molecular formula is C28H30O5S. The zero-order valence-corrected chi connectivity index (χ0v) is 20.1. The Hall–Kier alpha value is -2.64. The molecule has 1 heterocycles. The summed E-state index contributed by atoms with van der Waals surface area (Å²) in [5.74, 6) is -0.335. The van der Waals surface area contributed by atoms with Gasteiger partial charge in [-0.15, -0.1) is 11.8 Å². The maximum absolute atomic E-state index is 11.8. The van der Waals surface area contributed by atoms with Gasteiger partial charge in [0.2, 0.25) is 0 Å². The van der Waals surface area contributed by atoms with Gasteiger partial charge in [0.15, 0.2) is 5.44 Å². The van der Waals surface area contributed by atoms with E-state index in [-0.39, 0.29) is 17.3 Å². The Bertz CT molecular complexity index is 999. The Morgan fingerprint density at radius 3 is 1.68 bits per heavy atom. The third-order valence-corrected chi connectivity index (χ3v) is 6.90. The van der Waals surface area contributed by atoms with Crippen LogP contribution < -0.4 is 0 Å². The number of ether oxygens (including phenoxy) is 4. The highest BCUT2D eigenvalue weighted by atomic mass is 32.2. The van der Waals surface area contributed by atoms with Gasteiger partial charge in [0, 0.05) is 6.92 Å². The lowest BCUT2D eigenvalue weighted by molar-refractivity contribution is -0.155. The molecule has 0 unspecified atom stereocenters. The number of carbonyl (C=O) groups excluding carboxylic acids is 1. The molecule has 3 aromatic rings. The van der Waals surface area contributed by atoms with Crippen molar-refractivity contribution in [3.05, 3.63) is 108 Å². The van der Waals surface area contributed by atoms with Gasteiger partial charge in [-0.1, -0.05) is 91.0 Å². The van der Waals surface area contributed by atoms with E-state index in [1.807, 2.05) is 91.0 Å². The van der Waals surface area contributed by atoms with Crippen LogP contribution >= 0.6 is 11.8 Å². The Labute approximate surface area is 205 Å². The van der Waals surface area contributed by atoms with Crippen molar-refractivity contribution in [2.75, 3.05) is 6.61 Å². The van der Waals surface area contributed by atoms with Crippen LogP contribution in [0.4, 0.5) is 0 Å². The first kappa shape index (κ1) is 24.5. The quantitative estimate of drug-likeness (QED) is 0.345. The molecule has 0 radical (unpaired) electrons. The van der Waals surface area contributed by atoms with Crippen molar-refractivity contribution in [2.24, 2.45) is 0 Å². The molecule has 1 aliphatic rings. The van der Waals surface area contributed by atoms with Crippen molar-refractivity contribution >= 4 is 17.7 Å². The summed E-state index contributed by atoms with van der Waals surface area (Å²) in [6.07, 6.45) is -0.711. The Kier molecular flexibility index (Phi) is 9.16. The molecule has 0 spiro atoms. The molecule has 4 rings (SSSR count). The van der Waals surface area contributed by atoms with Crippen LogP contribution in [0.2, 0.25) is 0 Å². The second-order valence-corrected chi connectivity index (χ2v) is 9.52. The summed E-state index contributed by atoms with van der Waals surface area (Å²) in [5.41, 5.74) is 2.78. The minimum atomic E-state index is -0.465. The smallest absolute Gasteiger partial charge is 0.303 e. The zero-order chi connectivity index (χ0) is 23.6. The summed E-state index contributed by atoms with van der Waals surface area (Å²) in [5, 5.41) is -0.0439. The maximum Gasteiger partial charge on any atom is 0.303 e. The van der Waals surface area contributed by atoms with E-state index in [0.29, 0.717) is 26.4 Å². The van der Waals surface area contributed by atoms with E-state index in [2.05, 4.69) is 0 Å². The van der Waals surface area contributed by atoms with Crippen molar-refractivity contribution < 1.29 is 23.7 Å². The van der Waals surface area contributed by atoms with E-state index in [4.69, 9.17) is 18.9 Å². The molecule has 1 aliphatic heterocycles. The fourth-order valence-corrected chi connectivity index (χ4v) is 5.35. The first-order valence-electron chi connectivity index (χ1n) is 11.4. The molecular weight excluding hydrogens is 448 g/mol. The van der Waals surface area contributed by atoms with E-state index in [9.17, 15) is 4.79 Å². The topological polar surface area (TPSA) is 54.0 Å². The van der Waals surface area contributed by atoms with Crippen molar-refractivity contribution in [2.45, 2.75) is 49.6 Å². The van der Waals surface area contributed by atoms with Crippen LogP contribution in [0.15, 0.2) is 91.0 Å². The molecule has 178 valence electrons. The highest BCUT2D eigenvalue weighted by Crippen LogP contribution is 2.40. The summed E-state index contributed by atoms with van der Waals surface area (Å²) >= 11 is 1.54. The standard InChI is InChI=1S/C28H30O5S/c1-21(29)33-28-27(32-19-24-15-9-4-10-16-24)26(31-18-23-13-7-3-8-14-23)25(34-28)20-30-17-22-11-5-2-6-12-22/h2-16,25-28H,17-20H2,1H3/t25-,26-,27+,28-/m1/s1. The minimum Gasteiger partial charge on any atom is -0.449 e. The molecule has 0 aliphatic carbocycles. The van der Waals surface area contributed by atoms with Gasteiger partial charge in [0.05, 0.1) is 31.7 Å². The van der Waals surface area contributed by atoms with Gasteiger partial charge in [0.25, 0.3) is 0 Å². The number of hydrogen-bond donors (Lipinski definition) is 0. The lowest BCUT2D eigenvalue weighted by Gasteiger charge is -2.26. The predicted octanol–water partition coefficient (Wildman–Crippen LogP) is 5.38. The van der Waals surface area contributed by atoms with Crippen molar-refractivity contribution in [1.29, 1.82) is 0 Å². The van der Waals surface area contributed by atoms with Crippen LogP contribution in [0.5, 0.6) is 0 Å². The van der Waals surface area contributed by atoms with Crippen LogP contribution in [0, 0.1) is 0 Å². The highest BCUT2D eigenvalue weighted by Gasteiger charge is 2.48. The second kappa shape index (κ2) is 12.7. The molecule has 1 fully saturated rings. The predicted molar refractivity (Wildman–Crippen MR) is 133 cm³/mol. The highest BCUT2D eigenvalue weighted by molar-refractivity contribution is 8.00. The van der Waals surface area contributed by atoms with Crippen LogP contribution in [0.25, 0.3) is 0 Å². The largest absolute Gasteiger partial charge is 0.449 e. The zero-order valence-electron chi connectivity index (χ0n) is 19.2. The van der Waals surface area contributed by atoms with Gasteiger partial charge < -0.3 is 18.9 Å². The molecule has 6 heteroatoms. The molecule has 1 saturated heterocycles. The van der Waals surface area contributed by atoms with Crippen molar-refractivity contribution in [3.8, 4) is 0 Å². The number of benzene rings is 3. The average molecular weight is 479 g/mol. The second-order valence-electron chi connectivity index (χ2n) is 8.18. The number of thioether (sulfide) groups is 1. The number of hydrogen-bond acceptors (Lipinski definition) is 6. The van der Waals surface area contributed by atoms with Gasteiger partial charge in [-0.2, -0.15) is 0 Å². The Balaban J connectivity index is 1.47. The summed E-state index contributed by atoms with van der Waals surface area (Å²) in [4.78, 5) is 11.8. The number of rotatable bonds is 11. The minimum absolute atomic E-state index is 0.0439. The molecule has 3 aromatic carbocycles. The van der Waals surface area contributed by atoms with Gasteiger partial charge >= 0.3 is 5.97 Å². The van der Waals surface area contributed by atoms with Crippen LogP contribution in [-0.2, 0) is 43.6 Å². The fraction of sp³-hybridized carbons (Fsp3) is 0.321. The Morgan fingerprint density at radius 2 is 1.18 bits per heavy atom. The van der Waals surface area contributed by atoms with Crippen LogP contribution in [0.1, 0.15) is 23.6 Å².